The highest BCUT2D eigenvalue weighted by atomic mass is 32.1. The molecule has 0 saturated heterocycles. The average molecular weight is 350 g/mol. The van der Waals surface area contributed by atoms with E-state index in [0.29, 0.717) is 11.3 Å². The van der Waals surface area contributed by atoms with E-state index in [1.807, 2.05) is 19.1 Å². The van der Waals surface area contributed by atoms with Crippen LogP contribution in [0.3, 0.4) is 0 Å². The van der Waals surface area contributed by atoms with Gasteiger partial charge in [-0.1, -0.05) is 19.1 Å². The summed E-state index contributed by atoms with van der Waals surface area (Å²) < 4.78 is 0. The zero-order valence-corrected chi connectivity index (χ0v) is 14.8. The molecule has 3 atom stereocenters. The van der Waals surface area contributed by atoms with Crippen LogP contribution in [0.15, 0.2) is 24.3 Å². The van der Waals surface area contributed by atoms with Crippen molar-refractivity contribution in [1.82, 2.24) is 4.98 Å². The lowest BCUT2D eigenvalue weighted by atomic mass is 9.77. The molecule has 5 heteroatoms. The minimum Gasteiger partial charge on any atom is -0.298 e. The van der Waals surface area contributed by atoms with E-state index in [2.05, 4.69) is 6.07 Å². The Labute approximate surface area is 150 Å². The van der Waals surface area contributed by atoms with E-state index in [1.54, 1.807) is 23.5 Å². The molecule has 1 aromatic heterocycles. The summed E-state index contributed by atoms with van der Waals surface area (Å²) in [7, 11) is 0. The Morgan fingerprint density at radius 3 is 2.36 bits per heavy atom. The van der Waals surface area contributed by atoms with Crippen LogP contribution in [-0.4, -0.2) is 16.6 Å². The largest absolute Gasteiger partial charge is 0.298 e. The summed E-state index contributed by atoms with van der Waals surface area (Å²) in [5.41, 5.74) is 2.20. The van der Waals surface area contributed by atoms with Crippen LogP contribution in [0.1, 0.15) is 48.2 Å². The van der Waals surface area contributed by atoms with Crippen LogP contribution in [0, 0.1) is 23.2 Å². The number of carbonyl (C=O) groups excluding carboxylic acids is 2. The molecule has 1 aromatic carbocycles. The molecule has 1 heterocycles. The minimum atomic E-state index is -0.662. The highest BCUT2D eigenvalue weighted by Crippen LogP contribution is 2.45. The third kappa shape index (κ3) is 2.61. The average Bonchev–Trinajstić information content (AvgIpc) is 3.26. The molecule has 2 aromatic rings. The van der Waals surface area contributed by atoms with Gasteiger partial charge in [0.15, 0.2) is 11.6 Å². The number of fused-ring (bicyclic) bond motifs is 2. The molecule has 2 bridgehead atoms. The zero-order valence-electron chi connectivity index (χ0n) is 14.0. The fraction of sp³-hybridized carbons (Fsp3) is 0.400. The zero-order chi connectivity index (χ0) is 17.6. The predicted molar refractivity (Wildman–Crippen MR) is 95.2 cm³/mol. The van der Waals surface area contributed by atoms with Crippen molar-refractivity contribution < 1.29 is 9.59 Å². The second-order valence-corrected chi connectivity index (χ2v) is 7.90. The summed E-state index contributed by atoms with van der Waals surface area (Å²) in [6.45, 7) is 2.03. The van der Waals surface area contributed by atoms with E-state index in [0.717, 1.165) is 41.1 Å². The van der Waals surface area contributed by atoms with Crippen LogP contribution in [0.4, 0.5) is 0 Å². The predicted octanol–water partition coefficient (Wildman–Crippen LogP) is 3.90. The Morgan fingerprint density at radius 1 is 1.16 bits per heavy atom. The maximum absolute atomic E-state index is 12.8. The summed E-state index contributed by atoms with van der Waals surface area (Å²) in [4.78, 5) is 31.3. The number of hydrogen-bond acceptors (Lipinski definition) is 5. The molecule has 0 N–H and O–H groups in total. The number of aryl methyl sites for hydroxylation is 1. The van der Waals surface area contributed by atoms with Crippen molar-refractivity contribution in [2.75, 3.05) is 0 Å². The molecule has 126 valence electrons. The van der Waals surface area contributed by atoms with Gasteiger partial charge in [-0.2, -0.15) is 5.26 Å². The van der Waals surface area contributed by atoms with Crippen molar-refractivity contribution in [1.29, 1.82) is 5.26 Å². The van der Waals surface area contributed by atoms with Crippen molar-refractivity contribution in [3.63, 3.8) is 0 Å². The van der Waals surface area contributed by atoms with Crippen LogP contribution in [0.25, 0.3) is 10.6 Å². The van der Waals surface area contributed by atoms with Gasteiger partial charge in [0.25, 0.3) is 0 Å². The van der Waals surface area contributed by atoms with Crippen molar-refractivity contribution in [3.8, 4) is 16.6 Å². The third-order valence-electron chi connectivity index (χ3n) is 5.39. The van der Waals surface area contributed by atoms with Gasteiger partial charge in [0.1, 0.15) is 10.9 Å². The van der Waals surface area contributed by atoms with Gasteiger partial charge >= 0.3 is 0 Å². The van der Waals surface area contributed by atoms with Crippen LogP contribution in [0.5, 0.6) is 0 Å². The van der Waals surface area contributed by atoms with Crippen molar-refractivity contribution in [2.24, 2.45) is 11.8 Å². The standard InChI is InChI=1S/C20H18N2O2S/c1-2-15-17(16-18(23)13-7-8-14(9-13)19(16)24)22-20(25-15)12-5-3-11(10-21)4-6-12/h3-6,13-14,16H,2,7-9H2,1H3/t13-,14+,16?. The summed E-state index contributed by atoms with van der Waals surface area (Å²) in [5.74, 6) is -0.435. The number of carbonyl (C=O) groups is 2. The smallest absolute Gasteiger partial charge is 0.152 e. The summed E-state index contributed by atoms with van der Waals surface area (Å²) in [6, 6.07) is 9.37. The van der Waals surface area contributed by atoms with Gasteiger partial charge in [0, 0.05) is 22.3 Å². The van der Waals surface area contributed by atoms with E-state index in [-0.39, 0.29) is 23.4 Å². The molecule has 4 nitrogen and oxygen atoms in total. The number of nitrogens with zero attached hydrogens (tertiary/aromatic N) is 2. The maximum Gasteiger partial charge on any atom is 0.152 e. The van der Waals surface area contributed by atoms with Gasteiger partial charge in [-0.3, -0.25) is 9.59 Å². The monoisotopic (exact) mass is 350 g/mol. The van der Waals surface area contributed by atoms with E-state index in [9.17, 15) is 9.59 Å². The number of aromatic nitrogens is 1. The second-order valence-electron chi connectivity index (χ2n) is 6.81. The second kappa shape index (κ2) is 6.20. The summed E-state index contributed by atoms with van der Waals surface area (Å²) in [6.07, 6.45) is 3.19. The number of hydrogen-bond donors (Lipinski definition) is 0. The molecule has 0 spiro atoms. The Bertz CT molecular complexity index is 869. The van der Waals surface area contributed by atoms with Crippen LogP contribution < -0.4 is 0 Å². The molecule has 0 amide bonds. The normalized spacial score (nSPS) is 25.2. The third-order valence-corrected chi connectivity index (χ3v) is 6.65. The number of thiazole rings is 1. The van der Waals surface area contributed by atoms with Crippen LogP contribution in [-0.2, 0) is 16.0 Å². The molecule has 2 fully saturated rings. The molecule has 1 unspecified atom stereocenters. The first-order valence-corrected chi connectivity index (χ1v) is 9.51. The molecule has 0 radical (unpaired) electrons. The summed E-state index contributed by atoms with van der Waals surface area (Å²) in [5, 5.41) is 9.75. The maximum atomic E-state index is 12.8. The van der Waals surface area contributed by atoms with Crippen molar-refractivity contribution in [2.45, 2.75) is 38.5 Å². The Morgan fingerprint density at radius 2 is 1.80 bits per heavy atom. The highest BCUT2D eigenvalue weighted by molar-refractivity contribution is 7.15. The Kier molecular flexibility index (Phi) is 4.01. The van der Waals surface area contributed by atoms with Crippen LogP contribution in [0.2, 0.25) is 0 Å². The molecule has 2 saturated carbocycles. The first-order valence-electron chi connectivity index (χ1n) is 8.70. The van der Waals surface area contributed by atoms with E-state index in [4.69, 9.17) is 10.2 Å². The number of Topliss-reactive ketones (excluding diaryl/α,β-unsaturated/α-hetero) is 2. The number of nitriles is 1. The van der Waals surface area contributed by atoms with Gasteiger partial charge in [-0.15, -0.1) is 11.3 Å². The lowest BCUT2D eigenvalue weighted by molar-refractivity contribution is -0.136. The quantitative estimate of drug-likeness (QED) is 0.787. The Balaban J connectivity index is 1.75. The van der Waals surface area contributed by atoms with Crippen molar-refractivity contribution in [3.05, 3.63) is 40.4 Å². The molecule has 25 heavy (non-hydrogen) atoms. The molecular formula is C20H18N2O2S. The fourth-order valence-electron chi connectivity index (χ4n) is 4.03. The SMILES string of the molecule is CCc1sc(-c2ccc(C#N)cc2)nc1C1C(=O)[C@@H]2CC[C@@H](C2)C1=O. The number of benzene rings is 1. The van der Waals surface area contributed by atoms with E-state index < -0.39 is 5.92 Å². The molecular weight excluding hydrogens is 332 g/mol. The van der Waals surface area contributed by atoms with Gasteiger partial charge in [0.2, 0.25) is 0 Å². The topological polar surface area (TPSA) is 70.8 Å². The van der Waals surface area contributed by atoms with Gasteiger partial charge in [-0.25, -0.2) is 4.98 Å². The summed E-state index contributed by atoms with van der Waals surface area (Å²) >= 11 is 1.55. The highest BCUT2D eigenvalue weighted by Gasteiger charge is 2.48. The van der Waals surface area contributed by atoms with Gasteiger partial charge in [-0.05, 0) is 37.8 Å². The molecule has 4 rings (SSSR count). The molecule has 0 aliphatic heterocycles. The van der Waals surface area contributed by atoms with Crippen LogP contribution >= 0.6 is 11.3 Å². The lowest BCUT2D eigenvalue weighted by Crippen LogP contribution is -2.35. The first kappa shape index (κ1) is 16.2. The Hall–Kier alpha value is -2.32. The lowest BCUT2D eigenvalue weighted by Gasteiger charge is -2.24. The van der Waals surface area contributed by atoms with Crippen molar-refractivity contribution >= 4 is 22.9 Å². The van der Waals surface area contributed by atoms with Gasteiger partial charge < -0.3 is 0 Å². The molecule has 2 aliphatic carbocycles. The first-order chi connectivity index (χ1) is 12.1. The number of ketones is 2. The minimum absolute atomic E-state index is 0.0393. The molecule has 2 aliphatic rings. The van der Waals surface area contributed by atoms with E-state index >= 15 is 0 Å². The van der Waals surface area contributed by atoms with E-state index in [1.165, 1.54) is 0 Å². The fourth-order valence-corrected chi connectivity index (χ4v) is 5.08. The number of rotatable bonds is 3. The van der Waals surface area contributed by atoms with Gasteiger partial charge in [0.05, 0.1) is 17.3 Å².